The maximum absolute atomic E-state index is 2.40. The van der Waals surface area contributed by atoms with Crippen molar-refractivity contribution in [1.82, 2.24) is 0 Å². The standard InChI is InChI=1S/C13H16/c1-9(2)13-8-10(3)11-6-4-5-7-12(11)13/h4-10H,1-3H3. The van der Waals surface area contributed by atoms with Crippen LogP contribution in [0.25, 0.3) is 5.57 Å². The first-order valence-corrected chi connectivity index (χ1v) is 5.01. The van der Waals surface area contributed by atoms with E-state index >= 15 is 0 Å². The molecule has 0 saturated carbocycles. The van der Waals surface area contributed by atoms with Gasteiger partial charge in [0.15, 0.2) is 0 Å². The second-order valence-electron chi connectivity index (χ2n) is 4.15. The van der Waals surface area contributed by atoms with E-state index in [1.807, 2.05) is 0 Å². The van der Waals surface area contributed by atoms with Gasteiger partial charge in [-0.25, -0.2) is 0 Å². The Morgan fingerprint density at radius 1 is 1.15 bits per heavy atom. The molecule has 0 radical (unpaired) electrons. The van der Waals surface area contributed by atoms with Gasteiger partial charge >= 0.3 is 0 Å². The summed E-state index contributed by atoms with van der Waals surface area (Å²) in [5.41, 5.74) is 4.47. The summed E-state index contributed by atoms with van der Waals surface area (Å²) < 4.78 is 0. The average molecular weight is 172 g/mol. The molecule has 1 aromatic carbocycles. The topological polar surface area (TPSA) is 0 Å². The fraction of sp³-hybridized carbons (Fsp3) is 0.385. The van der Waals surface area contributed by atoms with Gasteiger partial charge in [0.2, 0.25) is 0 Å². The van der Waals surface area contributed by atoms with E-state index in [1.165, 1.54) is 16.7 Å². The second kappa shape index (κ2) is 3.02. The smallest absolute Gasteiger partial charge is 0.000173 e. The summed E-state index contributed by atoms with van der Waals surface area (Å²) in [5, 5.41) is 0. The van der Waals surface area contributed by atoms with E-state index in [0.717, 1.165) is 0 Å². The summed E-state index contributed by atoms with van der Waals surface area (Å²) in [4.78, 5) is 0. The van der Waals surface area contributed by atoms with Crippen molar-refractivity contribution >= 4 is 5.57 Å². The molecule has 0 N–H and O–H groups in total. The Balaban J connectivity index is 2.51. The molecule has 0 bridgehead atoms. The normalized spacial score (nSPS) is 20.3. The van der Waals surface area contributed by atoms with E-state index in [1.54, 1.807) is 0 Å². The molecule has 1 aromatic rings. The summed E-state index contributed by atoms with van der Waals surface area (Å²) in [6, 6.07) is 8.75. The Bertz CT molecular complexity index is 345. The third kappa shape index (κ3) is 1.31. The third-order valence-electron chi connectivity index (χ3n) is 2.81. The van der Waals surface area contributed by atoms with Crippen molar-refractivity contribution < 1.29 is 0 Å². The summed E-state index contributed by atoms with van der Waals surface area (Å²) in [5.74, 6) is 1.25. The van der Waals surface area contributed by atoms with Gasteiger partial charge in [0.25, 0.3) is 0 Å². The fourth-order valence-electron chi connectivity index (χ4n) is 2.11. The molecule has 0 fully saturated rings. The number of hydrogen-bond donors (Lipinski definition) is 0. The zero-order chi connectivity index (χ0) is 9.42. The highest BCUT2D eigenvalue weighted by atomic mass is 14.2. The molecule has 1 aliphatic carbocycles. The number of hydrogen-bond acceptors (Lipinski definition) is 0. The van der Waals surface area contributed by atoms with Crippen molar-refractivity contribution in [2.45, 2.75) is 26.7 Å². The predicted molar refractivity (Wildman–Crippen MR) is 57.7 cm³/mol. The molecular weight excluding hydrogens is 156 g/mol. The van der Waals surface area contributed by atoms with Crippen molar-refractivity contribution in [2.24, 2.45) is 5.92 Å². The lowest BCUT2D eigenvalue weighted by Crippen LogP contribution is -1.91. The molecule has 0 nitrogen and oxygen atoms in total. The van der Waals surface area contributed by atoms with Gasteiger partial charge in [-0.2, -0.15) is 0 Å². The number of fused-ring (bicyclic) bond motifs is 1. The highest BCUT2D eigenvalue weighted by molar-refractivity contribution is 5.75. The third-order valence-corrected chi connectivity index (χ3v) is 2.81. The van der Waals surface area contributed by atoms with E-state index in [4.69, 9.17) is 0 Å². The lowest BCUT2D eigenvalue weighted by Gasteiger charge is -2.08. The van der Waals surface area contributed by atoms with Gasteiger partial charge in [-0.05, 0) is 22.6 Å². The molecule has 1 aliphatic rings. The van der Waals surface area contributed by atoms with Gasteiger partial charge in [-0.15, -0.1) is 0 Å². The van der Waals surface area contributed by atoms with Crippen LogP contribution in [0.1, 0.15) is 37.8 Å². The van der Waals surface area contributed by atoms with Crippen LogP contribution in [0.5, 0.6) is 0 Å². The van der Waals surface area contributed by atoms with Crippen LogP contribution in [0, 0.1) is 5.92 Å². The molecule has 0 spiro atoms. The zero-order valence-electron chi connectivity index (χ0n) is 8.54. The molecule has 68 valence electrons. The van der Waals surface area contributed by atoms with Crippen molar-refractivity contribution in [3.63, 3.8) is 0 Å². The lowest BCUT2D eigenvalue weighted by molar-refractivity contribution is 0.856. The monoisotopic (exact) mass is 172 g/mol. The summed E-state index contributed by atoms with van der Waals surface area (Å²) in [6.45, 7) is 6.80. The molecule has 13 heavy (non-hydrogen) atoms. The summed E-state index contributed by atoms with van der Waals surface area (Å²) >= 11 is 0. The van der Waals surface area contributed by atoms with Crippen LogP contribution in [0.2, 0.25) is 0 Å². The van der Waals surface area contributed by atoms with Crippen LogP contribution in [0.4, 0.5) is 0 Å². The number of rotatable bonds is 1. The SMILES string of the molecule is CC(C)C1=CC(C)c2ccccc21. The molecular formula is C13H16. The molecule has 0 heteroatoms. The van der Waals surface area contributed by atoms with Gasteiger partial charge < -0.3 is 0 Å². The second-order valence-corrected chi connectivity index (χ2v) is 4.15. The quantitative estimate of drug-likeness (QED) is 0.603. The Hall–Kier alpha value is -1.04. The molecule has 0 aromatic heterocycles. The van der Waals surface area contributed by atoms with Gasteiger partial charge in [0, 0.05) is 5.92 Å². The van der Waals surface area contributed by atoms with Crippen LogP contribution < -0.4 is 0 Å². The van der Waals surface area contributed by atoms with E-state index in [9.17, 15) is 0 Å². The molecule has 1 unspecified atom stereocenters. The van der Waals surface area contributed by atoms with Crippen LogP contribution in [0.3, 0.4) is 0 Å². The summed E-state index contributed by atoms with van der Waals surface area (Å²) in [7, 11) is 0. The van der Waals surface area contributed by atoms with E-state index in [2.05, 4.69) is 51.1 Å². The van der Waals surface area contributed by atoms with Gasteiger partial charge in [0.1, 0.15) is 0 Å². The first-order valence-electron chi connectivity index (χ1n) is 5.01. The average Bonchev–Trinajstić information content (AvgIpc) is 2.45. The van der Waals surface area contributed by atoms with Crippen LogP contribution >= 0.6 is 0 Å². The molecule has 2 rings (SSSR count). The Morgan fingerprint density at radius 3 is 2.54 bits per heavy atom. The minimum atomic E-state index is 0.605. The van der Waals surface area contributed by atoms with E-state index in [-0.39, 0.29) is 0 Å². The first kappa shape index (κ1) is 8.55. The molecule has 1 atom stereocenters. The van der Waals surface area contributed by atoms with Crippen molar-refractivity contribution in [1.29, 1.82) is 0 Å². The van der Waals surface area contributed by atoms with Crippen LogP contribution in [-0.4, -0.2) is 0 Å². The van der Waals surface area contributed by atoms with Crippen LogP contribution in [-0.2, 0) is 0 Å². The van der Waals surface area contributed by atoms with Crippen molar-refractivity contribution in [3.8, 4) is 0 Å². The van der Waals surface area contributed by atoms with Gasteiger partial charge in [-0.1, -0.05) is 51.1 Å². The van der Waals surface area contributed by atoms with Crippen molar-refractivity contribution in [3.05, 3.63) is 41.5 Å². The zero-order valence-corrected chi connectivity index (χ0v) is 8.54. The number of allylic oxidation sites excluding steroid dienone is 2. The van der Waals surface area contributed by atoms with Gasteiger partial charge in [0.05, 0.1) is 0 Å². The molecule has 0 amide bonds. The highest BCUT2D eigenvalue weighted by Gasteiger charge is 2.20. The highest BCUT2D eigenvalue weighted by Crippen LogP contribution is 2.38. The maximum atomic E-state index is 2.40. The molecule has 0 heterocycles. The maximum Gasteiger partial charge on any atom is 0.000173 e. The van der Waals surface area contributed by atoms with E-state index in [0.29, 0.717) is 11.8 Å². The fourth-order valence-corrected chi connectivity index (χ4v) is 2.11. The lowest BCUT2D eigenvalue weighted by atomic mass is 9.97. The minimum absolute atomic E-state index is 0.605. The van der Waals surface area contributed by atoms with Crippen molar-refractivity contribution in [2.75, 3.05) is 0 Å². The van der Waals surface area contributed by atoms with Crippen LogP contribution in [0.15, 0.2) is 30.3 Å². The summed E-state index contributed by atoms with van der Waals surface area (Å²) in [6.07, 6.45) is 2.40. The largest absolute Gasteiger partial charge is 0.0732 e. The minimum Gasteiger partial charge on any atom is -0.0732 e. The number of benzene rings is 1. The first-order chi connectivity index (χ1) is 6.20. The Morgan fingerprint density at radius 2 is 1.85 bits per heavy atom. The molecule has 0 saturated heterocycles. The Kier molecular flexibility index (Phi) is 1.99. The molecule has 0 aliphatic heterocycles. The predicted octanol–water partition coefficient (Wildman–Crippen LogP) is 3.84. The van der Waals surface area contributed by atoms with E-state index < -0.39 is 0 Å². The Labute approximate surface area is 80.3 Å². The van der Waals surface area contributed by atoms with Gasteiger partial charge in [-0.3, -0.25) is 0 Å².